The summed E-state index contributed by atoms with van der Waals surface area (Å²) in [7, 11) is 0. The second kappa shape index (κ2) is 4.45. The summed E-state index contributed by atoms with van der Waals surface area (Å²) in [6.45, 7) is 5.84. The highest BCUT2D eigenvalue weighted by molar-refractivity contribution is 5.80. The van der Waals surface area contributed by atoms with Crippen LogP contribution in [0.5, 0.6) is 5.75 Å². The summed E-state index contributed by atoms with van der Waals surface area (Å²) < 4.78 is 0. The molecule has 0 aliphatic carbocycles. The van der Waals surface area contributed by atoms with E-state index in [0.29, 0.717) is 17.4 Å². The molecule has 1 unspecified atom stereocenters. The van der Waals surface area contributed by atoms with Crippen molar-refractivity contribution in [2.24, 2.45) is 11.7 Å². The summed E-state index contributed by atoms with van der Waals surface area (Å²) in [4.78, 5) is 10.7. The zero-order valence-electron chi connectivity index (χ0n) is 9.32. The lowest BCUT2D eigenvalue weighted by atomic mass is 9.93. The first-order chi connectivity index (χ1) is 6.97. The molecular formula is C12H17NO2. The summed E-state index contributed by atoms with van der Waals surface area (Å²) in [6.07, 6.45) is 0.652. The molecule has 0 aromatic heterocycles. The van der Waals surface area contributed by atoms with Gasteiger partial charge in [-0.3, -0.25) is 4.79 Å². The van der Waals surface area contributed by atoms with Crippen LogP contribution < -0.4 is 5.73 Å². The third-order valence-corrected chi connectivity index (χ3v) is 2.52. The fraction of sp³-hybridized carbons (Fsp3) is 0.417. The molecule has 15 heavy (non-hydrogen) atoms. The molecule has 0 spiro atoms. The molecule has 0 aliphatic heterocycles. The van der Waals surface area contributed by atoms with Gasteiger partial charge >= 0.3 is 0 Å². The van der Waals surface area contributed by atoms with Crippen molar-refractivity contribution < 1.29 is 9.90 Å². The Kier molecular flexibility index (Phi) is 3.48. The van der Waals surface area contributed by atoms with Crippen molar-refractivity contribution in [2.75, 3.05) is 0 Å². The van der Waals surface area contributed by atoms with Gasteiger partial charge in [-0.05, 0) is 24.5 Å². The van der Waals surface area contributed by atoms with Crippen molar-refractivity contribution in [1.29, 1.82) is 0 Å². The van der Waals surface area contributed by atoms with Gasteiger partial charge < -0.3 is 10.8 Å². The van der Waals surface area contributed by atoms with Gasteiger partial charge in [0.2, 0.25) is 0 Å². The monoisotopic (exact) mass is 207 g/mol. The Bertz CT molecular complexity index is 372. The van der Waals surface area contributed by atoms with Crippen LogP contribution in [0.4, 0.5) is 0 Å². The molecule has 0 saturated carbocycles. The normalized spacial score (nSPS) is 12.9. The maximum absolute atomic E-state index is 10.7. The summed E-state index contributed by atoms with van der Waals surface area (Å²) in [5.74, 6) is 0.231. The molecule has 0 heterocycles. The van der Waals surface area contributed by atoms with Gasteiger partial charge in [-0.25, -0.2) is 0 Å². The topological polar surface area (TPSA) is 63.3 Å². The van der Waals surface area contributed by atoms with Crippen molar-refractivity contribution in [1.82, 2.24) is 0 Å². The van der Waals surface area contributed by atoms with Gasteiger partial charge in [-0.15, -0.1) is 0 Å². The highest BCUT2D eigenvalue weighted by Gasteiger charge is 2.17. The zero-order chi connectivity index (χ0) is 11.6. The first-order valence-corrected chi connectivity index (χ1v) is 5.01. The largest absolute Gasteiger partial charge is 0.507 e. The van der Waals surface area contributed by atoms with Crippen molar-refractivity contribution in [2.45, 2.75) is 26.8 Å². The van der Waals surface area contributed by atoms with Crippen LogP contribution in [0.3, 0.4) is 0 Å². The summed E-state index contributed by atoms with van der Waals surface area (Å²) in [6, 6.07) is 3.23. The van der Waals surface area contributed by atoms with Crippen LogP contribution in [-0.4, -0.2) is 11.4 Å². The molecule has 82 valence electrons. The lowest BCUT2D eigenvalue weighted by Gasteiger charge is -2.18. The molecule has 3 nitrogen and oxygen atoms in total. The Morgan fingerprint density at radius 2 is 2.00 bits per heavy atom. The van der Waals surface area contributed by atoms with Crippen molar-refractivity contribution in [3.05, 3.63) is 28.8 Å². The van der Waals surface area contributed by atoms with E-state index in [1.807, 2.05) is 26.8 Å². The third-order valence-electron chi connectivity index (χ3n) is 2.52. The van der Waals surface area contributed by atoms with Crippen LogP contribution in [0, 0.1) is 12.8 Å². The van der Waals surface area contributed by atoms with E-state index < -0.39 is 0 Å². The van der Waals surface area contributed by atoms with Crippen molar-refractivity contribution in [3.8, 4) is 5.75 Å². The maximum atomic E-state index is 10.7. The molecule has 0 saturated heterocycles. The molecule has 1 aromatic rings. The lowest BCUT2D eigenvalue weighted by Crippen LogP contribution is -2.17. The number of carbonyl (C=O) groups is 1. The maximum Gasteiger partial charge on any atom is 0.153 e. The van der Waals surface area contributed by atoms with Crippen LogP contribution in [-0.2, 0) is 0 Å². The average molecular weight is 207 g/mol. The second-order valence-corrected chi connectivity index (χ2v) is 4.18. The fourth-order valence-electron chi connectivity index (χ4n) is 1.54. The molecule has 0 amide bonds. The van der Waals surface area contributed by atoms with Gasteiger partial charge in [-0.2, -0.15) is 0 Å². The Labute approximate surface area is 89.9 Å². The van der Waals surface area contributed by atoms with Gasteiger partial charge in [-0.1, -0.05) is 19.9 Å². The minimum atomic E-state index is -0.247. The summed E-state index contributed by atoms with van der Waals surface area (Å²) in [5.41, 5.74) is 7.84. The Morgan fingerprint density at radius 3 is 2.47 bits per heavy atom. The molecule has 1 rings (SSSR count). The standard InChI is InChI=1S/C12H17NO2/c1-7(2)11(13)10-5-8(3)4-9(6-14)12(10)15/h4-7,11,15H,13H2,1-3H3. The lowest BCUT2D eigenvalue weighted by molar-refractivity contribution is 0.112. The first-order valence-electron chi connectivity index (χ1n) is 5.01. The number of hydrogen-bond donors (Lipinski definition) is 2. The smallest absolute Gasteiger partial charge is 0.153 e. The number of phenolic OH excluding ortho intramolecular Hbond substituents is 1. The van der Waals surface area contributed by atoms with E-state index in [1.54, 1.807) is 6.07 Å². The van der Waals surface area contributed by atoms with Crippen molar-refractivity contribution >= 4 is 6.29 Å². The molecule has 0 bridgehead atoms. The van der Waals surface area contributed by atoms with Gasteiger partial charge in [0, 0.05) is 11.6 Å². The number of rotatable bonds is 3. The summed E-state index contributed by atoms with van der Waals surface area (Å²) in [5, 5.41) is 9.82. The highest BCUT2D eigenvalue weighted by atomic mass is 16.3. The minimum Gasteiger partial charge on any atom is -0.507 e. The van der Waals surface area contributed by atoms with Crippen LogP contribution in [0.1, 0.15) is 41.4 Å². The van der Waals surface area contributed by atoms with Gasteiger partial charge in [0.15, 0.2) is 6.29 Å². The van der Waals surface area contributed by atoms with Crippen molar-refractivity contribution in [3.63, 3.8) is 0 Å². The number of phenols is 1. The number of aldehydes is 1. The SMILES string of the molecule is Cc1cc(C=O)c(O)c(C(N)C(C)C)c1. The van der Waals surface area contributed by atoms with E-state index in [-0.39, 0.29) is 17.7 Å². The Morgan fingerprint density at radius 1 is 1.40 bits per heavy atom. The number of aromatic hydroxyl groups is 1. The van der Waals surface area contributed by atoms with Crippen LogP contribution in [0.2, 0.25) is 0 Å². The summed E-state index contributed by atoms with van der Waals surface area (Å²) >= 11 is 0. The van der Waals surface area contributed by atoms with Gasteiger partial charge in [0.05, 0.1) is 5.56 Å². The number of benzene rings is 1. The zero-order valence-corrected chi connectivity index (χ0v) is 9.32. The minimum absolute atomic E-state index is 0.0109. The van der Waals surface area contributed by atoms with Crippen LogP contribution >= 0.6 is 0 Å². The molecule has 3 heteroatoms. The molecule has 0 fully saturated rings. The number of nitrogens with two attached hydrogens (primary N) is 1. The number of aryl methyl sites for hydroxylation is 1. The first kappa shape index (κ1) is 11.7. The van der Waals surface area contributed by atoms with Gasteiger partial charge in [0.1, 0.15) is 5.75 Å². The Balaban J connectivity index is 3.28. The third kappa shape index (κ3) is 2.36. The van der Waals surface area contributed by atoms with E-state index in [2.05, 4.69) is 0 Å². The predicted molar refractivity (Wildman–Crippen MR) is 60.0 cm³/mol. The quantitative estimate of drug-likeness (QED) is 0.746. The van der Waals surface area contributed by atoms with Crippen LogP contribution in [0.15, 0.2) is 12.1 Å². The Hall–Kier alpha value is -1.35. The van der Waals surface area contributed by atoms with E-state index in [0.717, 1.165) is 5.56 Å². The van der Waals surface area contributed by atoms with E-state index in [9.17, 15) is 9.90 Å². The van der Waals surface area contributed by atoms with Crippen LogP contribution in [0.25, 0.3) is 0 Å². The van der Waals surface area contributed by atoms with E-state index in [4.69, 9.17) is 5.73 Å². The molecule has 0 aliphatic rings. The molecule has 0 radical (unpaired) electrons. The number of hydrogen-bond acceptors (Lipinski definition) is 3. The second-order valence-electron chi connectivity index (χ2n) is 4.18. The number of carbonyl (C=O) groups excluding carboxylic acids is 1. The predicted octanol–water partition coefficient (Wildman–Crippen LogP) is 2.17. The molecule has 1 atom stereocenters. The van der Waals surface area contributed by atoms with E-state index in [1.165, 1.54) is 0 Å². The average Bonchev–Trinajstić information content (AvgIpc) is 2.19. The molecule has 3 N–H and O–H groups in total. The highest BCUT2D eigenvalue weighted by Crippen LogP contribution is 2.30. The van der Waals surface area contributed by atoms with Gasteiger partial charge in [0.25, 0.3) is 0 Å². The van der Waals surface area contributed by atoms with E-state index >= 15 is 0 Å². The fourth-order valence-corrected chi connectivity index (χ4v) is 1.54. The molecular weight excluding hydrogens is 190 g/mol. The molecule has 1 aromatic carbocycles.